The highest BCUT2D eigenvalue weighted by atomic mass is 32.2. The Balaban J connectivity index is 1.78. The number of sulfone groups is 1. The SMILES string of the molecule is CC[C@H](Sc1ncc(S(=O)(=O)c2ccc(C)c(C)c2)c(=O)[nH]1)C(=O)Nc1ccc(OC)cc1. The first-order valence-electron chi connectivity index (χ1n) is 10.2. The number of anilines is 1. The van der Waals surface area contributed by atoms with Gasteiger partial charge in [0.05, 0.1) is 23.5 Å². The lowest BCUT2D eigenvalue weighted by Crippen LogP contribution is -2.26. The summed E-state index contributed by atoms with van der Waals surface area (Å²) in [7, 11) is -2.47. The molecule has 10 heteroatoms. The van der Waals surface area contributed by atoms with Crippen LogP contribution in [0, 0.1) is 13.8 Å². The molecule has 0 aliphatic heterocycles. The number of hydrogen-bond donors (Lipinski definition) is 2. The molecule has 1 aromatic heterocycles. The number of benzene rings is 2. The average Bonchev–Trinajstić information content (AvgIpc) is 2.79. The number of hydrogen-bond acceptors (Lipinski definition) is 7. The molecule has 1 atom stereocenters. The van der Waals surface area contributed by atoms with Crippen LogP contribution in [0.4, 0.5) is 5.69 Å². The van der Waals surface area contributed by atoms with E-state index >= 15 is 0 Å². The van der Waals surface area contributed by atoms with Crippen molar-refractivity contribution in [2.75, 3.05) is 12.4 Å². The fourth-order valence-corrected chi connectivity index (χ4v) is 5.17. The molecular weight excluding hydrogens is 462 g/mol. The van der Waals surface area contributed by atoms with Gasteiger partial charge in [0.25, 0.3) is 5.56 Å². The molecule has 1 amide bonds. The zero-order valence-electron chi connectivity index (χ0n) is 18.7. The maximum absolute atomic E-state index is 12.9. The molecule has 0 radical (unpaired) electrons. The Morgan fingerprint density at radius 3 is 2.42 bits per heavy atom. The molecule has 33 heavy (non-hydrogen) atoms. The van der Waals surface area contributed by atoms with E-state index in [0.29, 0.717) is 17.9 Å². The Labute approximate surface area is 196 Å². The largest absolute Gasteiger partial charge is 0.497 e. The number of amides is 1. The van der Waals surface area contributed by atoms with Crippen LogP contribution in [0.1, 0.15) is 24.5 Å². The first-order valence-corrected chi connectivity index (χ1v) is 12.5. The number of carbonyl (C=O) groups is 1. The van der Waals surface area contributed by atoms with Crippen molar-refractivity contribution < 1.29 is 17.9 Å². The first-order chi connectivity index (χ1) is 15.6. The molecule has 8 nitrogen and oxygen atoms in total. The van der Waals surface area contributed by atoms with E-state index in [4.69, 9.17) is 4.74 Å². The van der Waals surface area contributed by atoms with Gasteiger partial charge in [-0.15, -0.1) is 0 Å². The van der Waals surface area contributed by atoms with Gasteiger partial charge in [0.2, 0.25) is 15.7 Å². The molecule has 0 aliphatic carbocycles. The van der Waals surface area contributed by atoms with Gasteiger partial charge in [-0.1, -0.05) is 24.8 Å². The molecular formula is C23H25N3O5S2. The van der Waals surface area contributed by atoms with Crippen LogP contribution in [0.3, 0.4) is 0 Å². The second-order valence-electron chi connectivity index (χ2n) is 7.36. The quantitative estimate of drug-likeness (QED) is 0.367. The van der Waals surface area contributed by atoms with Crippen LogP contribution < -0.4 is 15.6 Å². The monoisotopic (exact) mass is 487 g/mol. The third kappa shape index (κ3) is 5.63. The molecule has 174 valence electrons. The third-order valence-electron chi connectivity index (χ3n) is 5.10. The van der Waals surface area contributed by atoms with E-state index in [2.05, 4.69) is 15.3 Å². The predicted octanol–water partition coefficient (Wildman–Crippen LogP) is 3.74. The van der Waals surface area contributed by atoms with Gasteiger partial charge in [-0.2, -0.15) is 0 Å². The minimum atomic E-state index is -4.03. The highest BCUT2D eigenvalue weighted by Crippen LogP contribution is 2.25. The van der Waals surface area contributed by atoms with Gasteiger partial charge >= 0.3 is 0 Å². The summed E-state index contributed by atoms with van der Waals surface area (Å²) >= 11 is 1.06. The minimum Gasteiger partial charge on any atom is -0.497 e. The minimum absolute atomic E-state index is 0.0311. The van der Waals surface area contributed by atoms with Gasteiger partial charge in [-0.25, -0.2) is 13.4 Å². The lowest BCUT2D eigenvalue weighted by Gasteiger charge is -2.14. The Morgan fingerprint density at radius 1 is 1.15 bits per heavy atom. The summed E-state index contributed by atoms with van der Waals surface area (Å²) in [5, 5.41) is 2.43. The number of carbonyl (C=O) groups excluding carboxylic acids is 1. The highest BCUT2D eigenvalue weighted by Gasteiger charge is 2.24. The van der Waals surface area contributed by atoms with Crippen molar-refractivity contribution in [3.63, 3.8) is 0 Å². The lowest BCUT2D eigenvalue weighted by atomic mass is 10.1. The first kappa shape index (κ1) is 24.5. The molecule has 3 rings (SSSR count). The smallest absolute Gasteiger partial charge is 0.270 e. The van der Waals surface area contributed by atoms with E-state index in [1.807, 2.05) is 13.8 Å². The van der Waals surface area contributed by atoms with Crippen molar-refractivity contribution in [1.29, 1.82) is 0 Å². The summed E-state index contributed by atoms with van der Waals surface area (Å²) in [5.74, 6) is 0.411. The zero-order valence-corrected chi connectivity index (χ0v) is 20.3. The summed E-state index contributed by atoms with van der Waals surface area (Å²) in [6.45, 7) is 5.52. The van der Waals surface area contributed by atoms with Crippen molar-refractivity contribution in [2.24, 2.45) is 0 Å². The highest BCUT2D eigenvalue weighted by molar-refractivity contribution is 8.00. The number of aromatic amines is 1. The maximum atomic E-state index is 12.9. The van der Waals surface area contributed by atoms with E-state index in [0.717, 1.165) is 29.1 Å². The van der Waals surface area contributed by atoms with Gasteiger partial charge < -0.3 is 15.0 Å². The van der Waals surface area contributed by atoms with Crippen LogP contribution in [0.2, 0.25) is 0 Å². The van der Waals surface area contributed by atoms with E-state index in [1.165, 1.54) is 12.1 Å². The van der Waals surface area contributed by atoms with Crippen LogP contribution in [0.5, 0.6) is 5.75 Å². The number of nitrogens with one attached hydrogen (secondary N) is 2. The fourth-order valence-electron chi connectivity index (χ4n) is 2.98. The van der Waals surface area contributed by atoms with Crippen molar-refractivity contribution in [3.8, 4) is 5.75 Å². The Hall–Kier alpha value is -3.11. The summed E-state index contributed by atoms with van der Waals surface area (Å²) in [6.07, 6.45) is 1.51. The van der Waals surface area contributed by atoms with Gasteiger partial charge in [-0.05, 0) is 67.8 Å². The molecule has 0 saturated carbocycles. The van der Waals surface area contributed by atoms with Crippen molar-refractivity contribution in [1.82, 2.24) is 9.97 Å². The second kappa shape index (κ2) is 10.2. The van der Waals surface area contributed by atoms with E-state index in [1.54, 1.807) is 44.4 Å². The van der Waals surface area contributed by atoms with Crippen LogP contribution in [0.15, 0.2) is 68.4 Å². The van der Waals surface area contributed by atoms with Crippen LogP contribution in [-0.4, -0.2) is 36.7 Å². The van der Waals surface area contributed by atoms with Gasteiger partial charge in [0.1, 0.15) is 5.75 Å². The maximum Gasteiger partial charge on any atom is 0.270 e. The number of nitrogens with zero attached hydrogens (tertiary/aromatic N) is 1. The Morgan fingerprint density at radius 2 is 1.85 bits per heavy atom. The molecule has 0 fully saturated rings. The van der Waals surface area contributed by atoms with Crippen molar-refractivity contribution >= 4 is 33.2 Å². The summed E-state index contributed by atoms with van der Waals surface area (Å²) < 4.78 is 31.0. The summed E-state index contributed by atoms with van der Waals surface area (Å²) in [6, 6.07) is 11.6. The standard InChI is InChI=1S/C23H25N3O5S2/c1-5-19(21(27)25-16-7-9-17(31-4)10-8-16)32-23-24-13-20(22(28)26-23)33(29,30)18-11-6-14(2)15(3)12-18/h6-13,19H,5H2,1-4H3,(H,25,27)(H,24,26,28)/t19-/m0/s1. The van der Waals surface area contributed by atoms with Crippen molar-refractivity contribution in [2.45, 2.75) is 47.4 Å². The van der Waals surface area contributed by atoms with E-state index in [9.17, 15) is 18.0 Å². The van der Waals surface area contributed by atoms with E-state index < -0.39 is 25.5 Å². The zero-order chi connectivity index (χ0) is 24.2. The molecule has 0 bridgehead atoms. The predicted molar refractivity (Wildman–Crippen MR) is 128 cm³/mol. The van der Waals surface area contributed by atoms with Crippen molar-refractivity contribution in [3.05, 3.63) is 70.1 Å². The number of aromatic nitrogens is 2. The van der Waals surface area contributed by atoms with Gasteiger partial charge in [0, 0.05) is 5.69 Å². The molecule has 2 aromatic carbocycles. The average molecular weight is 488 g/mol. The van der Waals surface area contributed by atoms with Crippen LogP contribution in [-0.2, 0) is 14.6 Å². The number of ether oxygens (including phenoxy) is 1. The van der Waals surface area contributed by atoms with Crippen LogP contribution in [0.25, 0.3) is 0 Å². The summed E-state index contributed by atoms with van der Waals surface area (Å²) in [4.78, 5) is 31.5. The second-order valence-corrected chi connectivity index (χ2v) is 10.5. The molecule has 0 aliphatic rings. The molecule has 0 spiro atoms. The topological polar surface area (TPSA) is 118 Å². The van der Waals surface area contributed by atoms with Gasteiger partial charge in [-0.3, -0.25) is 9.59 Å². The Bertz CT molecular complexity index is 1320. The number of rotatable bonds is 8. The van der Waals surface area contributed by atoms with E-state index in [-0.39, 0.29) is 16.0 Å². The lowest BCUT2D eigenvalue weighted by molar-refractivity contribution is -0.115. The third-order valence-corrected chi connectivity index (χ3v) is 8.10. The number of aryl methyl sites for hydroxylation is 2. The fraction of sp³-hybridized carbons (Fsp3) is 0.261. The molecule has 3 aromatic rings. The van der Waals surface area contributed by atoms with Gasteiger partial charge in [0.15, 0.2) is 10.1 Å². The molecule has 0 unspecified atom stereocenters. The molecule has 1 heterocycles. The number of H-pyrrole nitrogens is 1. The summed E-state index contributed by atoms with van der Waals surface area (Å²) in [5.41, 5.74) is 1.58. The normalized spacial score (nSPS) is 12.2. The number of thioether (sulfide) groups is 1. The Kier molecular flexibility index (Phi) is 7.60. The molecule has 2 N–H and O–H groups in total. The van der Waals surface area contributed by atoms with Crippen LogP contribution >= 0.6 is 11.8 Å². The molecule has 0 saturated heterocycles. The number of methoxy groups -OCH3 is 1.